The molecule has 0 aromatic heterocycles. The molecule has 2 aromatic carbocycles. The minimum Gasteiger partial charge on any atom is -0.493 e. The standard InChI is InChI=1S/C20H23Cl2NO4S/c1-23-12-14-10-16(26-8-3-9-27-28(2,24)25)5-7-17(14)19(13-23)18-6-4-15(21)11-20(18)22/h4-7,10-11,19H,3,8-9,12-13H2,1-2H3. The summed E-state index contributed by atoms with van der Waals surface area (Å²) >= 11 is 12.5. The summed E-state index contributed by atoms with van der Waals surface area (Å²) in [6.07, 6.45) is 1.53. The first-order valence-corrected chi connectivity index (χ1v) is 11.5. The lowest BCUT2D eigenvalue weighted by molar-refractivity contribution is 0.250. The summed E-state index contributed by atoms with van der Waals surface area (Å²) in [5.41, 5.74) is 3.48. The molecule has 1 aliphatic heterocycles. The maximum atomic E-state index is 11.0. The molecule has 0 spiro atoms. The molecule has 0 aliphatic carbocycles. The molecular formula is C20H23Cl2NO4S. The van der Waals surface area contributed by atoms with Gasteiger partial charge >= 0.3 is 0 Å². The van der Waals surface area contributed by atoms with Gasteiger partial charge in [0, 0.05) is 35.5 Å². The van der Waals surface area contributed by atoms with Crippen LogP contribution in [0.15, 0.2) is 36.4 Å². The third-order valence-electron chi connectivity index (χ3n) is 4.62. The van der Waals surface area contributed by atoms with Crippen molar-refractivity contribution < 1.29 is 17.3 Å². The molecule has 3 rings (SSSR count). The summed E-state index contributed by atoms with van der Waals surface area (Å²) in [5.74, 6) is 0.921. The molecule has 0 bridgehead atoms. The fourth-order valence-corrected chi connectivity index (χ4v) is 4.38. The van der Waals surface area contributed by atoms with E-state index in [2.05, 4.69) is 18.0 Å². The number of rotatable bonds is 7. The van der Waals surface area contributed by atoms with E-state index in [1.807, 2.05) is 24.3 Å². The van der Waals surface area contributed by atoms with Crippen molar-refractivity contribution in [2.75, 3.05) is 33.1 Å². The van der Waals surface area contributed by atoms with Gasteiger partial charge < -0.3 is 9.64 Å². The van der Waals surface area contributed by atoms with Crippen molar-refractivity contribution >= 4 is 33.3 Å². The van der Waals surface area contributed by atoms with E-state index in [1.54, 1.807) is 6.07 Å². The topological polar surface area (TPSA) is 55.8 Å². The van der Waals surface area contributed by atoms with E-state index in [0.717, 1.165) is 30.7 Å². The van der Waals surface area contributed by atoms with Crippen molar-refractivity contribution in [2.24, 2.45) is 0 Å². The SMILES string of the molecule is CN1Cc2cc(OCCCOS(C)(=O)=O)ccc2C(c2ccc(Cl)cc2Cl)C1. The third-order valence-corrected chi connectivity index (χ3v) is 5.77. The summed E-state index contributed by atoms with van der Waals surface area (Å²) in [6.45, 7) is 2.20. The Morgan fingerprint density at radius 2 is 1.86 bits per heavy atom. The van der Waals surface area contributed by atoms with E-state index in [9.17, 15) is 8.42 Å². The highest BCUT2D eigenvalue weighted by molar-refractivity contribution is 7.85. The minimum absolute atomic E-state index is 0.115. The van der Waals surface area contributed by atoms with Gasteiger partial charge in [-0.2, -0.15) is 8.42 Å². The maximum Gasteiger partial charge on any atom is 0.264 e. The number of ether oxygens (including phenoxy) is 1. The van der Waals surface area contributed by atoms with E-state index in [0.29, 0.717) is 23.1 Å². The van der Waals surface area contributed by atoms with Gasteiger partial charge in [-0.15, -0.1) is 0 Å². The van der Waals surface area contributed by atoms with Gasteiger partial charge in [0.25, 0.3) is 10.1 Å². The van der Waals surface area contributed by atoms with Gasteiger partial charge in [0.05, 0.1) is 19.5 Å². The number of fused-ring (bicyclic) bond motifs is 1. The molecule has 8 heteroatoms. The van der Waals surface area contributed by atoms with Crippen LogP contribution in [0.4, 0.5) is 0 Å². The van der Waals surface area contributed by atoms with Gasteiger partial charge in [-0.05, 0) is 48.0 Å². The highest BCUT2D eigenvalue weighted by Gasteiger charge is 2.26. The molecule has 0 saturated carbocycles. The predicted octanol–water partition coefficient (Wildman–Crippen LogP) is 4.32. The summed E-state index contributed by atoms with van der Waals surface area (Å²) in [5, 5.41) is 1.30. The van der Waals surface area contributed by atoms with Crippen LogP contribution in [0.1, 0.15) is 29.0 Å². The zero-order valence-corrected chi connectivity index (χ0v) is 18.1. The van der Waals surface area contributed by atoms with Crippen LogP contribution in [-0.2, 0) is 20.8 Å². The van der Waals surface area contributed by atoms with Crippen LogP contribution in [0.5, 0.6) is 5.75 Å². The molecule has 1 aliphatic rings. The molecular weight excluding hydrogens is 421 g/mol. The Hall–Kier alpha value is -1.31. The molecule has 0 fully saturated rings. The average molecular weight is 444 g/mol. The van der Waals surface area contributed by atoms with Gasteiger partial charge in [0.15, 0.2) is 0 Å². The number of hydrogen-bond donors (Lipinski definition) is 0. The van der Waals surface area contributed by atoms with Gasteiger partial charge in [-0.3, -0.25) is 4.18 Å². The molecule has 1 heterocycles. The van der Waals surface area contributed by atoms with Crippen LogP contribution in [0, 0.1) is 0 Å². The Bertz CT molecular complexity index is 949. The van der Waals surface area contributed by atoms with Crippen molar-refractivity contribution in [1.82, 2.24) is 4.90 Å². The number of hydrogen-bond acceptors (Lipinski definition) is 5. The van der Waals surface area contributed by atoms with Crippen molar-refractivity contribution in [3.8, 4) is 5.75 Å². The predicted molar refractivity (Wildman–Crippen MR) is 112 cm³/mol. The molecule has 0 radical (unpaired) electrons. The van der Waals surface area contributed by atoms with Crippen LogP contribution >= 0.6 is 23.2 Å². The van der Waals surface area contributed by atoms with E-state index >= 15 is 0 Å². The van der Waals surface area contributed by atoms with E-state index in [-0.39, 0.29) is 12.5 Å². The van der Waals surface area contributed by atoms with E-state index in [1.165, 1.54) is 11.1 Å². The molecule has 0 amide bonds. The second-order valence-corrected chi connectivity index (χ2v) is 9.49. The first kappa shape index (κ1) is 21.4. The molecule has 152 valence electrons. The van der Waals surface area contributed by atoms with Crippen LogP contribution in [0.3, 0.4) is 0 Å². The van der Waals surface area contributed by atoms with Gasteiger partial charge in [0.2, 0.25) is 0 Å². The summed E-state index contributed by atoms with van der Waals surface area (Å²) in [4.78, 5) is 2.25. The quantitative estimate of drug-likeness (QED) is 0.471. The lowest BCUT2D eigenvalue weighted by atomic mass is 9.84. The summed E-state index contributed by atoms with van der Waals surface area (Å²) < 4.78 is 32.4. The number of halogens is 2. The first-order chi connectivity index (χ1) is 13.2. The molecule has 28 heavy (non-hydrogen) atoms. The van der Waals surface area contributed by atoms with Crippen LogP contribution in [0.2, 0.25) is 10.0 Å². The Morgan fingerprint density at radius 1 is 1.11 bits per heavy atom. The minimum atomic E-state index is -3.41. The van der Waals surface area contributed by atoms with Crippen LogP contribution in [0.25, 0.3) is 0 Å². The maximum absolute atomic E-state index is 11.0. The molecule has 1 unspecified atom stereocenters. The van der Waals surface area contributed by atoms with Crippen molar-refractivity contribution in [1.29, 1.82) is 0 Å². The fourth-order valence-electron chi connectivity index (χ4n) is 3.42. The molecule has 2 aromatic rings. The Kier molecular flexibility index (Phi) is 6.89. The largest absolute Gasteiger partial charge is 0.493 e. The fraction of sp³-hybridized carbons (Fsp3) is 0.400. The van der Waals surface area contributed by atoms with Crippen molar-refractivity contribution in [2.45, 2.75) is 18.9 Å². The Labute approximate surface area is 176 Å². The normalized spacial score (nSPS) is 17.4. The third kappa shape index (κ3) is 5.61. The summed E-state index contributed by atoms with van der Waals surface area (Å²) in [6, 6.07) is 11.7. The second-order valence-electron chi connectivity index (χ2n) is 7.00. The van der Waals surface area contributed by atoms with Gasteiger partial charge in [-0.25, -0.2) is 0 Å². The number of likely N-dealkylation sites (N-methyl/N-ethyl adjacent to an activating group) is 1. The number of benzene rings is 2. The van der Waals surface area contributed by atoms with Crippen molar-refractivity contribution in [3.05, 3.63) is 63.1 Å². The summed E-state index contributed by atoms with van der Waals surface area (Å²) in [7, 11) is -1.33. The Morgan fingerprint density at radius 3 is 2.57 bits per heavy atom. The molecule has 0 N–H and O–H groups in total. The van der Waals surface area contributed by atoms with Gasteiger partial charge in [0.1, 0.15) is 5.75 Å². The van der Waals surface area contributed by atoms with Crippen molar-refractivity contribution in [3.63, 3.8) is 0 Å². The van der Waals surface area contributed by atoms with Crippen LogP contribution < -0.4 is 4.74 Å². The smallest absolute Gasteiger partial charge is 0.264 e. The molecule has 1 atom stereocenters. The van der Waals surface area contributed by atoms with E-state index in [4.69, 9.17) is 32.1 Å². The first-order valence-electron chi connectivity index (χ1n) is 8.96. The molecule has 0 saturated heterocycles. The zero-order valence-electron chi connectivity index (χ0n) is 15.8. The average Bonchev–Trinajstić information content (AvgIpc) is 2.59. The monoisotopic (exact) mass is 443 g/mol. The highest BCUT2D eigenvalue weighted by Crippen LogP contribution is 2.38. The van der Waals surface area contributed by atoms with Crippen LogP contribution in [-0.4, -0.2) is 46.4 Å². The van der Waals surface area contributed by atoms with Gasteiger partial charge in [-0.1, -0.05) is 35.3 Å². The molecule has 5 nitrogen and oxygen atoms in total. The zero-order chi connectivity index (χ0) is 20.3. The van der Waals surface area contributed by atoms with E-state index < -0.39 is 10.1 Å². The Balaban J connectivity index is 1.72. The number of nitrogens with zero attached hydrogens (tertiary/aromatic N) is 1. The lowest BCUT2D eigenvalue weighted by Crippen LogP contribution is -2.31. The highest BCUT2D eigenvalue weighted by atomic mass is 35.5. The second kappa shape index (κ2) is 9.01. The lowest BCUT2D eigenvalue weighted by Gasteiger charge is -2.33.